The van der Waals surface area contributed by atoms with Crippen LogP contribution in [-0.4, -0.2) is 31.7 Å². The highest BCUT2D eigenvalue weighted by Gasteiger charge is 2.19. The van der Waals surface area contributed by atoms with E-state index in [-0.39, 0.29) is 0 Å². The number of aromatic nitrogens is 1. The number of quaternary nitrogens is 1. The molecular formula is C27H51N2+2. The zero-order valence-electron chi connectivity index (χ0n) is 20.1. The molecule has 0 N–H and O–H groups in total. The van der Waals surface area contributed by atoms with E-state index in [1.54, 1.807) is 0 Å². The van der Waals surface area contributed by atoms with Crippen LogP contribution < -0.4 is 4.57 Å². The van der Waals surface area contributed by atoms with Gasteiger partial charge in [0.25, 0.3) is 0 Å². The van der Waals surface area contributed by atoms with Crippen molar-refractivity contribution in [3.8, 4) is 0 Å². The lowest BCUT2D eigenvalue weighted by atomic mass is 10.0. The van der Waals surface area contributed by atoms with Crippen LogP contribution in [0, 0.1) is 6.92 Å². The smallest absolute Gasteiger partial charge is 0.169 e. The topological polar surface area (TPSA) is 3.88 Å². The van der Waals surface area contributed by atoms with Crippen molar-refractivity contribution in [2.75, 3.05) is 27.2 Å². The lowest BCUT2D eigenvalue weighted by Gasteiger charge is -2.30. The van der Waals surface area contributed by atoms with Gasteiger partial charge in [-0.1, -0.05) is 77.2 Å². The van der Waals surface area contributed by atoms with Gasteiger partial charge in [0.05, 0.1) is 27.2 Å². The molecule has 0 fully saturated rings. The Morgan fingerprint density at radius 2 is 1.17 bits per heavy atom. The summed E-state index contributed by atoms with van der Waals surface area (Å²) in [4.78, 5) is 0. The number of nitrogens with zero attached hydrogens (tertiary/aromatic N) is 2. The highest BCUT2D eigenvalue weighted by molar-refractivity contribution is 4.84. The summed E-state index contributed by atoms with van der Waals surface area (Å²) in [5.74, 6) is 0. The van der Waals surface area contributed by atoms with E-state index < -0.39 is 0 Å². The van der Waals surface area contributed by atoms with Crippen LogP contribution in [-0.2, 0) is 0 Å². The third-order valence-corrected chi connectivity index (χ3v) is 6.41. The molecule has 2 nitrogen and oxygen atoms in total. The largest absolute Gasteiger partial charge is 0.328 e. The van der Waals surface area contributed by atoms with E-state index in [2.05, 4.69) is 63.1 Å². The van der Waals surface area contributed by atoms with Crippen molar-refractivity contribution in [1.82, 2.24) is 0 Å². The Bertz CT molecular complexity index is 469. The fourth-order valence-electron chi connectivity index (χ4n) is 4.35. The van der Waals surface area contributed by atoms with Gasteiger partial charge in [0.15, 0.2) is 18.4 Å². The van der Waals surface area contributed by atoms with Crippen LogP contribution in [0.1, 0.15) is 109 Å². The van der Waals surface area contributed by atoms with E-state index >= 15 is 0 Å². The van der Waals surface area contributed by atoms with Gasteiger partial charge in [0, 0.05) is 31.4 Å². The summed E-state index contributed by atoms with van der Waals surface area (Å²) in [6.07, 6.45) is 25.1. The Balaban J connectivity index is 2.00. The third-order valence-electron chi connectivity index (χ3n) is 6.41. The van der Waals surface area contributed by atoms with Crippen molar-refractivity contribution >= 4 is 0 Å². The molecule has 0 aliphatic heterocycles. The summed E-state index contributed by atoms with van der Waals surface area (Å²) in [5.41, 5.74) is 0. The van der Waals surface area contributed by atoms with Gasteiger partial charge < -0.3 is 4.48 Å². The lowest BCUT2D eigenvalue weighted by molar-refractivity contribution is -0.891. The van der Waals surface area contributed by atoms with Gasteiger partial charge in [-0.3, -0.25) is 0 Å². The van der Waals surface area contributed by atoms with Crippen LogP contribution >= 0.6 is 0 Å². The van der Waals surface area contributed by atoms with Crippen LogP contribution in [0.15, 0.2) is 30.6 Å². The van der Waals surface area contributed by atoms with Crippen LogP contribution in [0.2, 0.25) is 0 Å². The molecule has 0 spiro atoms. The Labute approximate surface area is 183 Å². The number of hydrogen-bond donors (Lipinski definition) is 0. The maximum Gasteiger partial charge on any atom is 0.169 e. The first-order valence-electron chi connectivity index (χ1n) is 12.7. The number of unbranched alkanes of at least 4 members (excludes halogenated alkanes) is 11. The van der Waals surface area contributed by atoms with E-state index in [9.17, 15) is 0 Å². The second-order valence-electron chi connectivity index (χ2n) is 9.68. The van der Waals surface area contributed by atoms with Crippen LogP contribution in [0.5, 0.6) is 0 Å². The zero-order valence-corrected chi connectivity index (χ0v) is 20.1. The minimum atomic E-state index is 0.544. The van der Waals surface area contributed by atoms with Gasteiger partial charge in [0.1, 0.15) is 0 Å². The van der Waals surface area contributed by atoms with Crippen LogP contribution in [0.3, 0.4) is 0 Å². The highest BCUT2D eigenvalue weighted by atomic mass is 15.3. The third kappa shape index (κ3) is 13.9. The van der Waals surface area contributed by atoms with Crippen molar-refractivity contribution < 1.29 is 9.05 Å². The van der Waals surface area contributed by atoms with Gasteiger partial charge in [-0.15, -0.1) is 0 Å². The van der Waals surface area contributed by atoms with E-state index in [0.717, 1.165) is 6.42 Å². The van der Waals surface area contributed by atoms with E-state index in [0.29, 0.717) is 6.04 Å². The van der Waals surface area contributed by atoms with Crippen molar-refractivity contribution in [2.24, 2.45) is 0 Å². The molecule has 0 saturated carbocycles. The van der Waals surface area contributed by atoms with Crippen molar-refractivity contribution in [2.45, 2.75) is 109 Å². The predicted octanol–water partition coefficient (Wildman–Crippen LogP) is 7.30. The average molecular weight is 404 g/mol. The lowest BCUT2D eigenvalue weighted by Crippen LogP contribution is -2.43. The molecule has 1 heterocycles. The molecule has 0 aromatic carbocycles. The van der Waals surface area contributed by atoms with Crippen molar-refractivity contribution in [1.29, 1.82) is 0 Å². The molecule has 167 valence electrons. The fraction of sp³-hybridized carbons (Fsp3) is 0.778. The van der Waals surface area contributed by atoms with Gasteiger partial charge in [-0.2, -0.15) is 0 Å². The first-order valence-corrected chi connectivity index (χ1v) is 12.7. The van der Waals surface area contributed by atoms with Gasteiger partial charge in [0.2, 0.25) is 0 Å². The molecule has 1 radical (unpaired) electrons. The summed E-state index contributed by atoms with van der Waals surface area (Å²) >= 11 is 0. The normalized spacial score (nSPS) is 13.0. The molecule has 1 atom stereocenters. The van der Waals surface area contributed by atoms with E-state index in [1.807, 2.05) is 0 Å². The van der Waals surface area contributed by atoms with Crippen LogP contribution in [0.4, 0.5) is 0 Å². The summed E-state index contributed by atoms with van der Waals surface area (Å²) in [6, 6.07) is 6.88. The van der Waals surface area contributed by atoms with E-state index in [4.69, 9.17) is 0 Å². The van der Waals surface area contributed by atoms with Gasteiger partial charge >= 0.3 is 0 Å². The van der Waals surface area contributed by atoms with Crippen molar-refractivity contribution in [3.63, 3.8) is 0 Å². The minimum Gasteiger partial charge on any atom is -0.328 e. The summed E-state index contributed by atoms with van der Waals surface area (Å²) in [7, 11) is 4.82. The van der Waals surface area contributed by atoms with Gasteiger partial charge in [-0.25, -0.2) is 4.57 Å². The Morgan fingerprint density at radius 1 is 0.690 bits per heavy atom. The molecule has 0 aliphatic rings. The molecule has 1 aromatic rings. The molecule has 1 rings (SSSR count). The van der Waals surface area contributed by atoms with Gasteiger partial charge in [-0.05, 0) is 19.8 Å². The molecule has 0 saturated heterocycles. The average Bonchev–Trinajstić information content (AvgIpc) is 2.72. The first kappa shape index (κ1) is 26.1. The second kappa shape index (κ2) is 16.9. The van der Waals surface area contributed by atoms with E-state index in [1.165, 1.54) is 107 Å². The Morgan fingerprint density at radius 3 is 1.69 bits per heavy atom. The van der Waals surface area contributed by atoms with Crippen molar-refractivity contribution in [3.05, 3.63) is 37.5 Å². The number of pyridine rings is 1. The summed E-state index contributed by atoms with van der Waals surface area (Å²) < 4.78 is 3.50. The van der Waals surface area contributed by atoms with Crippen LogP contribution in [0.25, 0.3) is 0 Å². The Kier molecular flexibility index (Phi) is 15.2. The molecule has 1 unspecified atom stereocenters. The first-order chi connectivity index (χ1) is 14.1. The minimum absolute atomic E-state index is 0.544. The predicted molar refractivity (Wildman–Crippen MR) is 128 cm³/mol. The molecule has 0 amide bonds. The maximum absolute atomic E-state index is 4.16. The molecule has 1 aromatic heterocycles. The molecule has 0 aliphatic carbocycles. The maximum atomic E-state index is 4.16. The second-order valence-corrected chi connectivity index (χ2v) is 9.68. The molecule has 2 heteroatoms. The number of rotatable bonds is 19. The molecule has 0 bridgehead atoms. The highest BCUT2D eigenvalue weighted by Crippen LogP contribution is 2.15. The molecule has 29 heavy (non-hydrogen) atoms. The summed E-state index contributed by atoms with van der Waals surface area (Å²) in [6.45, 7) is 9.07. The fourth-order valence-corrected chi connectivity index (χ4v) is 4.35. The standard InChI is InChI=1S/C27H51N2/c1-5-7-8-9-10-11-12-13-14-15-16-20-25-29(3,4)26-21-22-27(6-2)28-23-18-17-19-24-28/h17-19,23-24,27H,2,5-16,20-22,25-26H2,1,3-4H3/q+2. The zero-order chi connectivity index (χ0) is 21.2. The number of hydrogen-bond acceptors (Lipinski definition) is 0. The Hall–Kier alpha value is -0.890. The monoisotopic (exact) mass is 403 g/mol. The quantitative estimate of drug-likeness (QED) is 0.130. The molecular weight excluding hydrogens is 352 g/mol. The SMILES string of the molecule is [CH2]CC(CCC[N+](C)(C)CCCCCCCCCCCCCC)[n+]1ccccc1. The summed E-state index contributed by atoms with van der Waals surface area (Å²) in [5, 5.41) is 0.